The average Bonchev–Trinajstić information content (AvgIpc) is 2.38. The molecule has 104 valence electrons. The fraction of sp³-hybridized carbons (Fsp3) is 0.538. The first kappa shape index (κ1) is 14.3. The second-order valence-electron chi connectivity index (χ2n) is 4.92. The predicted octanol–water partition coefficient (Wildman–Crippen LogP) is 3.43. The maximum absolute atomic E-state index is 10.9. The summed E-state index contributed by atoms with van der Waals surface area (Å²) in [7, 11) is 0. The van der Waals surface area contributed by atoms with Gasteiger partial charge in [0.1, 0.15) is 6.61 Å². The highest BCUT2D eigenvalue weighted by Crippen LogP contribution is 2.36. The van der Waals surface area contributed by atoms with Crippen LogP contribution in [0.1, 0.15) is 32.1 Å². The fourth-order valence-corrected chi connectivity index (χ4v) is 2.82. The molecule has 5 nitrogen and oxygen atoms in total. The molecule has 1 N–H and O–H groups in total. The number of hydrogen-bond donors (Lipinski definition) is 1. The van der Waals surface area contributed by atoms with Gasteiger partial charge >= 0.3 is 5.69 Å². The molecule has 1 aromatic rings. The molecule has 0 saturated heterocycles. The summed E-state index contributed by atoms with van der Waals surface area (Å²) in [6, 6.07) is 4.67. The molecule has 0 aromatic heterocycles. The van der Waals surface area contributed by atoms with Crippen molar-refractivity contribution in [2.24, 2.45) is 0 Å². The van der Waals surface area contributed by atoms with Gasteiger partial charge in [-0.2, -0.15) is 0 Å². The van der Waals surface area contributed by atoms with Crippen molar-refractivity contribution in [1.29, 1.82) is 0 Å². The van der Waals surface area contributed by atoms with Crippen molar-refractivity contribution in [2.75, 3.05) is 6.61 Å². The zero-order valence-corrected chi connectivity index (χ0v) is 12.1. The van der Waals surface area contributed by atoms with E-state index in [2.05, 4.69) is 15.9 Å². The van der Waals surface area contributed by atoms with E-state index >= 15 is 0 Å². The topological polar surface area (TPSA) is 72.6 Å². The zero-order valence-electron chi connectivity index (χ0n) is 10.5. The first-order chi connectivity index (χ1) is 9.02. The summed E-state index contributed by atoms with van der Waals surface area (Å²) in [4.78, 5) is 10.5. The minimum absolute atomic E-state index is 0.0891. The molecule has 0 atom stereocenters. The molecule has 1 fully saturated rings. The lowest BCUT2D eigenvalue weighted by molar-refractivity contribution is -0.386. The summed E-state index contributed by atoms with van der Waals surface area (Å²) >= 11 is 3.25. The smallest absolute Gasteiger partial charge is 0.312 e. The lowest BCUT2D eigenvalue weighted by atomic mass is 9.85. The molecular weight excluding hydrogens is 314 g/mol. The molecule has 1 saturated carbocycles. The molecule has 1 aliphatic rings. The van der Waals surface area contributed by atoms with Crippen LogP contribution < -0.4 is 4.74 Å². The van der Waals surface area contributed by atoms with Gasteiger partial charge in [0.05, 0.1) is 15.0 Å². The van der Waals surface area contributed by atoms with E-state index in [1.165, 1.54) is 6.07 Å². The number of aliphatic hydroxyl groups is 1. The molecule has 0 amide bonds. The number of para-hydroxylation sites is 1. The Labute approximate surface area is 119 Å². The summed E-state index contributed by atoms with van der Waals surface area (Å²) in [5.41, 5.74) is -0.949. The number of halogens is 1. The van der Waals surface area contributed by atoms with E-state index in [1.807, 2.05) is 0 Å². The highest BCUT2D eigenvalue weighted by Gasteiger charge is 2.31. The molecule has 0 aliphatic heterocycles. The number of hydrogen-bond acceptors (Lipinski definition) is 4. The zero-order chi connectivity index (χ0) is 13.9. The predicted molar refractivity (Wildman–Crippen MR) is 74.3 cm³/mol. The SMILES string of the molecule is O=[N+]([O-])c1cccc(Br)c1OCC1(O)CCCCC1. The number of benzene rings is 1. The average molecular weight is 330 g/mol. The number of nitro benzene ring substituents is 1. The van der Waals surface area contributed by atoms with E-state index in [1.54, 1.807) is 12.1 Å². The van der Waals surface area contributed by atoms with Gasteiger partial charge in [0.2, 0.25) is 5.75 Å². The van der Waals surface area contributed by atoms with Gasteiger partial charge in [-0.25, -0.2) is 0 Å². The Morgan fingerprint density at radius 1 is 1.37 bits per heavy atom. The number of ether oxygens (including phenoxy) is 1. The Morgan fingerprint density at radius 2 is 2.05 bits per heavy atom. The van der Waals surface area contributed by atoms with Crippen molar-refractivity contribution < 1.29 is 14.8 Å². The summed E-state index contributed by atoms with van der Waals surface area (Å²) in [6.07, 6.45) is 4.43. The van der Waals surface area contributed by atoms with E-state index in [0.717, 1.165) is 19.3 Å². The summed E-state index contributed by atoms with van der Waals surface area (Å²) in [5, 5.41) is 21.3. The van der Waals surface area contributed by atoms with E-state index in [0.29, 0.717) is 17.3 Å². The van der Waals surface area contributed by atoms with E-state index in [-0.39, 0.29) is 18.0 Å². The Bertz CT molecular complexity index is 472. The second kappa shape index (κ2) is 5.88. The fourth-order valence-electron chi connectivity index (χ4n) is 2.34. The van der Waals surface area contributed by atoms with Crippen molar-refractivity contribution in [3.05, 3.63) is 32.8 Å². The molecule has 1 aromatic carbocycles. The molecule has 0 spiro atoms. The van der Waals surface area contributed by atoms with Crippen LogP contribution in [0.15, 0.2) is 22.7 Å². The Hall–Kier alpha value is -1.14. The van der Waals surface area contributed by atoms with Crippen LogP contribution in [0.4, 0.5) is 5.69 Å². The molecular formula is C13H16BrNO4. The standard InChI is InChI=1S/C13H16BrNO4/c14-10-5-4-6-11(15(17)18)12(10)19-9-13(16)7-2-1-3-8-13/h4-6,16H,1-3,7-9H2. The van der Waals surface area contributed by atoms with Gasteiger partial charge in [-0.15, -0.1) is 0 Å². The summed E-state index contributed by atoms with van der Waals surface area (Å²) < 4.78 is 6.06. The minimum atomic E-state index is -0.860. The van der Waals surface area contributed by atoms with E-state index < -0.39 is 10.5 Å². The Morgan fingerprint density at radius 3 is 2.68 bits per heavy atom. The van der Waals surface area contributed by atoms with Gasteiger partial charge < -0.3 is 9.84 Å². The van der Waals surface area contributed by atoms with Crippen LogP contribution in [0.25, 0.3) is 0 Å². The molecule has 0 unspecified atom stereocenters. The Balaban J connectivity index is 2.12. The summed E-state index contributed by atoms with van der Waals surface area (Å²) in [6.45, 7) is 0.0937. The molecule has 0 bridgehead atoms. The molecule has 6 heteroatoms. The van der Waals surface area contributed by atoms with Crippen molar-refractivity contribution >= 4 is 21.6 Å². The lowest BCUT2D eigenvalue weighted by Gasteiger charge is -2.31. The number of nitro groups is 1. The molecule has 1 aliphatic carbocycles. The van der Waals surface area contributed by atoms with Crippen LogP contribution in [0.5, 0.6) is 5.75 Å². The highest BCUT2D eigenvalue weighted by atomic mass is 79.9. The van der Waals surface area contributed by atoms with Crippen LogP contribution in [0.3, 0.4) is 0 Å². The third kappa shape index (κ3) is 3.45. The lowest BCUT2D eigenvalue weighted by Crippen LogP contribution is -2.38. The third-order valence-corrected chi connectivity index (χ3v) is 4.04. The van der Waals surface area contributed by atoms with Crippen LogP contribution >= 0.6 is 15.9 Å². The third-order valence-electron chi connectivity index (χ3n) is 3.41. The van der Waals surface area contributed by atoms with Crippen molar-refractivity contribution in [3.8, 4) is 5.75 Å². The Kier molecular flexibility index (Phi) is 4.42. The van der Waals surface area contributed by atoms with Gasteiger partial charge in [-0.1, -0.05) is 25.3 Å². The largest absolute Gasteiger partial charge is 0.483 e. The van der Waals surface area contributed by atoms with E-state index in [9.17, 15) is 15.2 Å². The second-order valence-corrected chi connectivity index (χ2v) is 5.77. The van der Waals surface area contributed by atoms with Crippen LogP contribution in [-0.4, -0.2) is 22.2 Å². The summed E-state index contributed by atoms with van der Waals surface area (Å²) in [5.74, 6) is 0.187. The normalized spacial score (nSPS) is 18.0. The van der Waals surface area contributed by atoms with Crippen molar-refractivity contribution in [3.63, 3.8) is 0 Å². The highest BCUT2D eigenvalue weighted by molar-refractivity contribution is 9.10. The molecule has 2 rings (SSSR count). The van der Waals surface area contributed by atoms with Crippen LogP contribution in [0.2, 0.25) is 0 Å². The maximum atomic E-state index is 10.9. The number of nitrogens with zero attached hydrogens (tertiary/aromatic N) is 1. The van der Waals surface area contributed by atoms with Crippen molar-refractivity contribution in [1.82, 2.24) is 0 Å². The van der Waals surface area contributed by atoms with Gasteiger partial charge in [-0.05, 0) is 34.8 Å². The van der Waals surface area contributed by atoms with Gasteiger partial charge in [0.25, 0.3) is 0 Å². The molecule has 19 heavy (non-hydrogen) atoms. The molecule has 0 heterocycles. The minimum Gasteiger partial charge on any atom is -0.483 e. The first-order valence-corrected chi connectivity index (χ1v) is 7.09. The monoisotopic (exact) mass is 329 g/mol. The first-order valence-electron chi connectivity index (χ1n) is 6.30. The van der Waals surface area contributed by atoms with Crippen LogP contribution in [-0.2, 0) is 0 Å². The van der Waals surface area contributed by atoms with Crippen LogP contribution in [0, 0.1) is 10.1 Å². The number of rotatable bonds is 4. The van der Waals surface area contributed by atoms with E-state index in [4.69, 9.17) is 4.74 Å². The maximum Gasteiger partial charge on any atom is 0.312 e. The van der Waals surface area contributed by atoms with Gasteiger partial charge in [0.15, 0.2) is 0 Å². The molecule has 0 radical (unpaired) electrons. The quantitative estimate of drug-likeness (QED) is 0.678. The van der Waals surface area contributed by atoms with Gasteiger partial charge in [-0.3, -0.25) is 10.1 Å². The van der Waals surface area contributed by atoms with Gasteiger partial charge in [0, 0.05) is 6.07 Å². The van der Waals surface area contributed by atoms with Crippen molar-refractivity contribution in [2.45, 2.75) is 37.7 Å².